The summed E-state index contributed by atoms with van der Waals surface area (Å²) in [5.74, 6) is 1.28. The van der Waals surface area contributed by atoms with Crippen LogP contribution in [0.15, 0.2) is 6.20 Å². The van der Waals surface area contributed by atoms with Crippen LogP contribution in [0.3, 0.4) is 0 Å². The van der Waals surface area contributed by atoms with Gasteiger partial charge in [-0.25, -0.2) is 4.98 Å². The molecular weight excluding hydrogens is 252 g/mol. The van der Waals surface area contributed by atoms with Crippen molar-refractivity contribution in [3.63, 3.8) is 0 Å². The number of halogens is 1. The van der Waals surface area contributed by atoms with E-state index in [2.05, 4.69) is 15.3 Å². The molecule has 1 fully saturated rings. The third-order valence-corrected chi connectivity index (χ3v) is 3.63. The summed E-state index contributed by atoms with van der Waals surface area (Å²) in [6, 6.07) is 0.705. The first-order valence-corrected chi connectivity index (χ1v) is 6.63. The zero-order valence-corrected chi connectivity index (χ0v) is 11.3. The van der Waals surface area contributed by atoms with E-state index in [0.717, 1.165) is 32.2 Å². The highest BCUT2D eigenvalue weighted by Gasteiger charge is 2.18. The van der Waals surface area contributed by atoms with Crippen LogP contribution in [0.1, 0.15) is 25.7 Å². The fraction of sp³-hybridized carbons (Fsp3) is 0.667. The molecule has 1 saturated carbocycles. The molecule has 0 spiro atoms. The lowest BCUT2D eigenvalue weighted by atomic mass is 9.86. The fourth-order valence-corrected chi connectivity index (χ4v) is 2.36. The maximum absolute atomic E-state index is 6.03. The van der Waals surface area contributed by atoms with Gasteiger partial charge in [0.1, 0.15) is 5.02 Å². The summed E-state index contributed by atoms with van der Waals surface area (Å²) in [5.41, 5.74) is 5.89. The number of hydrogen-bond donors (Lipinski definition) is 2. The maximum atomic E-state index is 6.03. The first-order chi connectivity index (χ1) is 8.69. The van der Waals surface area contributed by atoms with Crippen LogP contribution in [0.4, 0.5) is 5.82 Å². The molecular formula is C12H19ClN4O. The van der Waals surface area contributed by atoms with Crippen LogP contribution in [-0.2, 0) is 0 Å². The van der Waals surface area contributed by atoms with E-state index < -0.39 is 0 Å². The number of nitrogens with zero attached hydrogens (tertiary/aromatic N) is 2. The maximum Gasteiger partial charge on any atom is 0.318 e. The Hall–Kier alpha value is -1.07. The van der Waals surface area contributed by atoms with E-state index >= 15 is 0 Å². The number of rotatable bonds is 4. The first kappa shape index (κ1) is 13.4. The van der Waals surface area contributed by atoms with Crippen molar-refractivity contribution in [1.29, 1.82) is 0 Å². The van der Waals surface area contributed by atoms with E-state index in [-0.39, 0.29) is 0 Å². The summed E-state index contributed by atoms with van der Waals surface area (Å²) >= 11 is 6.03. The van der Waals surface area contributed by atoms with Gasteiger partial charge in [-0.15, -0.1) is 0 Å². The monoisotopic (exact) mass is 270 g/mol. The van der Waals surface area contributed by atoms with Crippen molar-refractivity contribution in [3.8, 4) is 6.01 Å². The van der Waals surface area contributed by atoms with Crippen molar-refractivity contribution in [3.05, 3.63) is 11.2 Å². The standard InChI is InChI=1S/C12H19ClN4O/c1-18-12-16-7-10(13)11(17-12)15-6-8-2-4-9(14)5-3-8/h7-9H,2-6,14H2,1H3,(H,15,16,17). The second kappa shape index (κ2) is 6.20. The van der Waals surface area contributed by atoms with Crippen molar-refractivity contribution in [1.82, 2.24) is 9.97 Å². The summed E-state index contributed by atoms with van der Waals surface area (Å²) in [5, 5.41) is 3.79. The van der Waals surface area contributed by atoms with Gasteiger partial charge in [-0.1, -0.05) is 11.6 Å². The van der Waals surface area contributed by atoms with Gasteiger partial charge in [-0.2, -0.15) is 4.98 Å². The molecule has 1 aromatic heterocycles. The molecule has 0 atom stereocenters. The van der Waals surface area contributed by atoms with E-state index in [1.54, 1.807) is 6.20 Å². The van der Waals surface area contributed by atoms with Gasteiger partial charge in [0.15, 0.2) is 5.82 Å². The number of aromatic nitrogens is 2. The molecule has 3 N–H and O–H groups in total. The Labute approximate surface area is 112 Å². The van der Waals surface area contributed by atoms with Crippen LogP contribution in [-0.4, -0.2) is 29.7 Å². The molecule has 1 aliphatic carbocycles. The highest BCUT2D eigenvalue weighted by molar-refractivity contribution is 6.32. The summed E-state index contributed by atoms with van der Waals surface area (Å²) in [6.45, 7) is 0.868. The zero-order valence-electron chi connectivity index (χ0n) is 10.5. The molecule has 0 unspecified atom stereocenters. The Morgan fingerprint density at radius 3 is 2.83 bits per heavy atom. The summed E-state index contributed by atoms with van der Waals surface area (Å²) in [6.07, 6.45) is 6.08. The van der Waals surface area contributed by atoms with Crippen molar-refractivity contribution in [2.75, 3.05) is 19.0 Å². The summed E-state index contributed by atoms with van der Waals surface area (Å²) in [7, 11) is 1.54. The Balaban J connectivity index is 1.89. The van der Waals surface area contributed by atoms with Gasteiger partial charge in [0.05, 0.1) is 13.3 Å². The number of anilines is 1. The lowest BCUT2D eigenvalue weighted by Crippen LogP contribution is -2.29. The second-order valence-electron chi connectivity index (χ2n) is 4.71. The van der Waals surface area contributed by atoms with E-state index in [4.69, 9.17) is 22.1 Å². The molecule has 1 aromatic rings. The minimum atomic E-state index is 0.326. The SMILES string of the molecule is COc1ncc(Cl)c(NCC2CCC(N)CC2)n1. The molecule has 6 heteroatoms. The highest BCUT2D eigenvalue weighted by atomic mass is 35.5. The van der Waals surface area contributed by atoms with Crippen molar-refractivity contribution >= 4 is 17.4 Å². The predicted molar refractivity (Wildman–Crippen MR) is 72.0 cm³/mol. The minimum absolute atomic E-state index is 0.326. The Morgan fingerprint density at radius 2 is 2.17 bits per heavy atom. The minimum Gasteiger partial charge on any atom is -0.467 e. The van der Waals surface area contributed by atoms with Crippen LogP contribution in [0.5, 0.6) is 6.01 Å². The molecule has 2 rings (SSSR count). The van der Waals surface area contributed by atoms with Gasteiger partial charge in [-0.05, 0) is 31.6 Å². The smallest absolute Gasteiger partial charge is 0.318 e. The summed E-state index contributed by atoms with van der Waals surface area (Å²) in [4.78, 5) is 8.13. The van der Waals surface area contributed by atoms with E-state index in [0.29, 0.717) is 28.8 Å². The molecule has 0 saturated heterocycles. The molecule has 1 heterocycles. The molecule has 0 aliphatic heterocycles. The van der Waals surface area contributed by atoms with Gasteiger partial charge in [-0.3, -0.25) is 0 Å². The molecule has 18 heavy (non-hydrogen) atoms. The zero-order chi connectivity index (χ0) is 13.0. The molecule has 0 amide bonds. The lowest BCUT2D eigenvalue weighted by molar-refractivity contribution is 0.338. The largest absolute Gasteiger partial charge is 0.467 e. The fourth-order valence-electron chi connectivity index (χ4n) is 2.21. The van der Waals surface area contributed by atoms with Gasteiger partial charge < -0.3 is 15.8 Å². The number of ether oxygens (including phenoxy) is 1. The van der Waals surface area contributed by atoms with E-state index in [9.17, 15) is 0 Å². The van der Waals surface area contributed by atoms with Crippen molar-refractivity contribution in [2.24, 2.45) is 11.7 Å². The van der Waals surface area contributed by atoms with Crippen molar-refractivity contribution in [2.45, 2.75) is 31.7 Å². The van der Waals surface area contributed by atoms with Crippen LogP contribution in [0.2, 0.25) is 5.02 Å². The highest BCUT2D eigenvalue weighted by Crippen LogP contribution is 2.25. The van der Waals surface area contributed by atoms with Gasteiger partial charge in [0, 0.05) is 12.6 Å². The Kier molecular flexibility index (Phi) is 4.60. The number of methoxy groups -OCH3 is 1. The van der Waals surface area contributed by atoms with E-state index in [1.165, 1.54) is 7.11 Å². The third kappa shape index (κ3) is 3.46. The molecule has 1 aliphatic rings. The van der Waals surface area contributed by atoms with Gasteiger partial charge >= 0.3 is 6.01 Å². The van der Waals surface area contributed by atoms with E-state index in [1.807, 2.05) is 0 Å². The average Bonchev–Trinajstić information content (AvgIpc) is 2.40. The Morgan fingerprint density at radius 1 is 1.44 bits per heavy atom. The Bertz CT molecular complexity index is 394. The van der Waals surface area contributed by atoms with Crippen LogP contribution >= 0.6 is 11.6 Å². The number of nitrogens with one attached hydrogen (secondary N) is 1. The van der Waals surface area contributed by atoms with Crippen LogP contribution < -0.4 is 15.8 Å². The van der Waals surface area contributed by atoms with Gasteiger partial charge in [0.25, 0.3) is 0 Å². The third-order valence-electron chi connectivity index (χ3n) is 3.35. The summed E-state index contributed by atoms with van der Waals surface area (Å²) < 4.78 is 4.98. The number of nitrogens with two attached hydrogens (primary N) is 1. The second-order valence-corrected chi connectivity index (χ2v) is 5.12. The normalized spacial score (nSPS) is 23.7. The molecule has 100 valence electrons. The topological polar surface area (TPSA) is 73.1 Å². The molecule has 0 radical (unpaired) electrons. The quantitative estimate of drug-likeness (QED) is 0.876. The van der Waals surface area contributed by atoms with Gasteiger partial charge in [0.2, 0.25) is 0 Å². The van der Waals surface area contributed by atoms with Crippen LogP contribution in [0.25, 0.3) is 0 Å². The number of hydrogen-bond acceptors (Lipinski definition) is 5. The molecule has 0 bridgehead atoms. The first-order valence-electron chi connectivity index (χ1n) is 6.25. The molecule has 0 aromatic carbocycles. The molecule has 5 nitrogen and oxygen atoms in total. The lowest BCUT2D eigenvalue weighted by Gasteiger charge is -2.26. The van der Waals surface area contributed by atoms with Crippen molar-refractivity contribution < 1.29 is 4.74 Å². The average molecular weight is 271 g/mol. The predicted octanol–water partition coefficient (Wildman–Crippen LogP) is 2.07. The van der Waals surface area contributed by atoms with Crippen LogP contribution in [0, 0.1) is 5.92 Å².